The largest absolute Gasteiger partial charge is 0.497 e. The van der Waals surface area contributed by atoms with Gasteiger partial charge in [0, 0.05) is 37.5 Å². The summed E-state index contributed by atoms with van der Waals surface area (Å²) in [6.45, 7) is 2.66. The first-order chi connectivity index (χ1) is 12.6. The van der Waals surface area contributed by atoms with Crippen molar-refractivity contribution in [1.82, 2.24) is 24.5 Å². The van der Waals surface area contributed by atoms with Gasteiger partial charge in [0.2, 0.25) is 11.6 Å². The van der Waals surface area contributed by atoms with E-state index in [-0.39, 0.29) is 17.1 Å². The smallest absolute Gasteiger partial charge is 0.300 e. The second-order valence-electron chi connectivity index (χ2n) is 5.83. The maximum absolute atomic E-state index is 12.7. The van der Waals surface area contributed by atoms with E-state index < -0.39 is 0 Å². The van der Waals surface area contributed by atoms with Gasteiger partial charge in [0.25, 0.3) is 0 Å². The van der Waals surface area contributed by atoms with Gasteiger partial charge in [-0.3, -0.25) is 18.6 Å². The standard InChI is InChI=1S/C18H21N5O3/c1-3-10-19-16(24)9-8-15-20-21-17-18(25)22(11-12-23(15)17)13-4-6-14(26-2)7-5-13/h4-7,11-12H,3,8-10H2,1-2H3,(H,19,24). The monoisotopic (exact) mass is 355 g/mol. The zero-order valence-electron chi connectivity index (χ0n) is 14.8. The molecule has 0 spiro atoms. The molecule has 26 heavy (non-hydrogen) atoms. The maximum Gasteiger partial charge on any atom is 0.300 e. The Morgan fingerprint density at radius 1 is 1.19 bits per heavy atom. The number of carbonyl (C=O) groups excluding carboxylic acids is 1. The molecule has 8 heteroatoms. The fourth-order valence-corrected chi connectivity index (χ4v) is 2.63. The quantitative estimate of drug-likeness (QED) is 0.691. The van der Waals surface area contributed by atoms with Crippen molar-refractivity contribution in [2.24, 2.45) is 0 Å². The van der Waals surface area contributed by atoms with Crippen molar-refractivity contribution in [3.63, 3.8) is 0 Å². The molecule has 2 heterocycles. The molecule has 3 aromatic rings. The molecule has 1 aromatic carbocycles. The van der Waals surface area contributed by atoms with Crippen molar-refractivity contribution in [3.8, 4) is 11.4 Å². The van der Waals surface area contributed by atoms with E-state index in [0.717, 1.165) is 6.42 Å². The van der Waals surface area contributed by atoms with E-state index in [4.69, 9.17) is 4.74 Å². The Balaban J connectivity index is 1.84. The molecule has 0 saturated heterocycles. The lowest BCUT2D eigenvalue weighted by molar-refractivity contribution is -0.121. The summed E-state index contributed by atoms with van der Waals surface area (Å²) in [4.78, 5) is 24.5. The lowest BCUT2D eigenvalue weighted by atomic mass is 10.2. The number of ether oxygens (including phenoxy) is 1. The predicted molar refractivity (Wildman–Crippen MR) is 96.8 cm³/mol. The average Bonchev–Trinajstić information content (AvgIpc) is 3.09. The highest BCUT2D eigenvalue weighted by Gasteiger charge is 2.12. The van der Waals surface area contributed by atoms with E-state index in [1.54, 1.807) is 48.2 Å². The summed E-state index contributed by atoms with van der Waals surface area (Å²) in [7, 11) is 1.59. The van der Waals surface area contributed by atoms with Gasteiger partial charge in [0.1, 0.15) is 11.6 Å². The van der Waals surface area contributed by atoms with E-state index in [9.17, 15) is 9.59 Å². The first-order valence-corrected chi connectivity index (χ1v) is 8.50. The molecule has 0 saturated carbocycles. The zero-order valence-corrected chi connectivity index (χ0v) is 14.8. The zero-order chi connectivity index (χ0) is 18.5. The van der Waals surface area contributed by atoms with Crippen LogP contribution in [-0.2, 0) is 11.2 Å². The molecule has 0 aliphatic rings. The van der Waals surface area contributed by atoms with E-state index in [2.05, 4.69) is 15.5 Å². The molecular formula is C18H21N5O3. The SMILES string of the molecule is CCCNC(=O)CCc1nnc2c(=O)n(-c3ccc(OC)cc3)ccn12. The number of rotatable bonds is 7. The highest BCUT2D eigenvalue weighted by Crippen LogP contribution is 2.14. The van der Waals surface area contributed by atoms with Crippen LogP contribution in [0, 0.1) is 0 Å². The van der Waals surface area contributed by atoms with Gasteiger partial charge in [-0.2, -0.15) is 0 Å². The van der Waals surface area contributed by atoms with Gasteiger partial charge in [0.15, 0.2) is 0 Å². The normalized spacial score (nSPS) is 10.8. The molecule has 0 unspecified atom stereocenters. The Labute approximate surface area is 150 Å². The molecule has 0 fully saturated rings. The summed E-state index contributed by atoms with van der Waals surface area (Å²) in [5, 5.41) is 10.9. The van der Waals surface area contributed by atoms with E-state index in [1.165, 1.54) is 4.57 Å². The summed E-state index contributed by atoms with van der Waals surface area (Å²) >= 11 is 0. The number of aromatic nitrogens is 4. The van der Waals surface area contributed by atoms with Crippen LogP contribution in [0.2, 0.25) is 0 Å². The first-order valence-electron chi connectivity index (χ1n) is 8.50. The first kappa shape index (κ1) is 17.7. The van der Waals surface area contributed by atoms with Crippen molar-refractivity contribution >= 4 is 11.6 Å². The highest BCUT2D eigenvalue weighted by atomic mass is 16.5. The van der Waals surface area contributed by atoms with Gasteiger partial charge in [-0.25, -0.2) is 0 Å². The van der Waals surface area contributed by atoms with Crippen LogP contribution in [0.4, 0.5) is 0 Å². The number of amides is 1. The molecule has 0 radical (unpaired) electrons. The maximum atomic E-state index is 12.7. The van der Waals surface area contributed by atoms with Gasteiger partial charge in [-0.1, -0.05) is 6.92 Å². The van der Waals surface area contributed by atoms with Gasteiger partial charge in [-0.05, 0) is 30.7 Å². The number of benzene rings is 1. The fourth-order valence-electron chi connectivity index (χ4n) is 2.63. The third-order valence-corrected chi connectivity index (χ3v) is 4.04. The Bertz CT molecular complexity index is 959. The lowest BCUT2D eigenvalue weighted by Gasteiger charge is -2.07. The fraction of sp³-hybridized carbons (Fsp3) is 0.333. The molecule has 0 aliphatic carbocycles. The Morgan fingerprint density at radius 3 is 2.65 bits per heavy atom. The Morgan fingerprint density at radius 2 is 1.96 bits per heavy atom. The van der Waals surface area contributed by atoms with Crippen molar-refractivity contribution in [2.45, 2.75) is 26.2 Å². The Hall–Kier alpha value is -3.16. The third kappa shape index (κ3) is 3.58. The molecule has 136 valence electrons. The molecule has 8 nitrogen and oxygen atoms in total. The van der Waals surface area contributed by atoms with Crippen LogP contribution in [0.15, 0.2) is 41.5 Å². The molecule has 1 N–H and O–H groups in total. The summed E-state index contributed by atoms with van der Waals surface area (Å²) < 4.78 is 8.27. The topological polar surface area (TPSA) is 90.5 Å². The van der Waals surface area contributed by atoms with Crippen LogP contribution in [0.1, 0.15) is 25.6 Å². The molecular weight excluding hydrogens is 334 g/mol. The molecule has 0 atom stereocenters. The number of aryl methyl sites for hydroxylation is 1. The van der Waals surface area contributed by atoms with Crippen LogP contribution >= 0.6 is 0 Å². The molecule has 3 rings (SSSR count). The van der Waals surface area contributed by atoms with Crippen molar-refractivity contribution < 1.29 is 9.53 Å². The van der Waals surface area contributed by atoms with Crippen molar-refractivity contribution in [3.05, 3.63) is 52.8 Å². The number of fused-ring (bicyclic) bond motifs is 1. The third-order valence-electron chi connectivity index (χ3n) is 4.04. The summed E-state index contributed by atoms with van der Waals surface area (Å²) in [5.74, 6) is 1.27. The van der Waals surface area contributed by atoms with Crippen LogP contribution in [0.5, 0.6) is 5.75 Å². The highest BCUT2D eigenvalue weighted by molar-refractivity contribution is 5.76. The molecule has 2 aromatic heterocycles. The second-order valence-corrected chi connectivity index (χ2v) is 5.83. The summed E-state index contributed by atoms with van der Waals surface area (Å²) in [5.41, 5.74) is 0.668. The lowest BCUT2D eigenvalue weighted by Crippen LogP contribution is -2.24. The number of methoxy groups -OCH3 is 1. The van der Waals surface area contributed by atoms with E-state index in [1.807, 2.05) is 6.92 Å². The van der Waals surface area contributed by atoms with Crippen molar-refractivity contribution in [2.75, 3.05) is 13.7 Å². The molecule has 0 aliphatic heterocycles. The van der Waals surface area contributed by atoms with Gasteiger partial charge in [0.05, 0.1) is 7.11 Å². The number of hydrogen-bond acceptors (Lipinski definition) is 5. The van der Waals surface area contributed by atoms with Crippen LogP contribution in [-0.4, -0.2) is 38.7 Å². The van der Waals surface area contributed by atoms with Crippen LogP contribution in [0.25, 0.3) is 11.3 Å². The van der Waals surface area contributed by atoms with Crippen LogP contribution in [0.3, 0.4) is 0 Å². The second kappa shape index (κ2) is 7.81. The van der Waals surface area contributed by atoms with Gasteiger partial charge < -0.3 is 10.1 Å². The number of hydrogen-bond donors (Lipinski definition) is 1. The minimum absolute atomic E-state index is 0.0322. The average molecular weight is 355 g/mol. The molecule has 1 amide bonds. The van der Waals surface area contributed by atoms with E-state index in [0.29, 0.717) is 36.6 Å². The predicted octanol–water partition coefficient (Wildman–Crippen LogP) is 1.35. The summed E-state index contributed by atoms with van der Waals surface area (Å²) in [6, 6.07) is 7.17. The van der Waals surface area contributed by atoms with Gasteiger partial charge in [-0.15, -0.1) is 10.2 Å². The Kier molecular flexibility index (Phi) is 5.31. The molecule has 0 bridgehead atoms. The summed E-state index contributed by atoms with van der Waals surface area (Å²) in [6.07, 6.45) is 5.02. The number of nitrogens with one attached hydrogen (secondary N) is 1. The minimum atomic E-state index is -0.271. The van der Waals surface area contributed by atoms with E-state index >= 15 is 0 Å². The van der Waals surface area contributed by atoms with Crippen LogP contribution < -0.4 is 15.6 Å². The number of nitrogens with zero attached hydrogens (tertiary/aromatic N) is 4. The van der Waals surface area contributed by atoms with Gasteiger partial charge >= 0.3 is 5.56 Å². The van der Waals surface area contributed by atoms with Crippen molar-refractivity contribution in [1.29, 1.82) is 0 Å². The minimum Gasteiger partial charge on any atom is -0.497 e. The number of carbonyl (C=O) groups is 1.